The molecule has 0 atom stereocenters. The highest BCUT2D eigenvalue weighted by Crippen LogP contribution is 2.41. The fourth-order valence-electron chi connectivity index (χ4n) is 2.82. The third-order valence-electron chi connectivity index (χ3n) is 4.31. The van der Waals surface area contributed by atoms with Gasteiger partial charge in [0.2, 0.25) is 5.91 Å². The molecule has 1 aliphatic carbocycles. The SMILES string of the molecule is O=C(CSc1nnc(-c2ccccc2F)n1C1CC1)NC(=O)c1ccccc1. The van der Waals surface area contributed by atoms with Crippen molar-refractivity contribution in [2.75, 3.05) is 5.75 Å². The lowest BCUT2D eigenvalue weighted by atomic mass is 10.2. The highest BCUT2D eigenvalue weighted by atomic mass is 32.2. The van der Waals surface area contributed by atoms with Crippen LogP contribution in [-0.2, 0) is 4.79 Å². The third-order valence-corrected chi connectivity index (χ3v) is 5.26. The van der Waals surface area contributed by atoms with Gasteiger partial charge in [0.1, 0.15) is 5.82 Å². The molecule has 0 unspecified atom stereocenters. The van der Waals surface area contributed by atoms with Gasteiger partial charge >= 0.3 is 0 Å². The minimum atomic E-state index is -0.443. The van der Waals surface area contributed by atoms with Gasteiger partial charge in [0, 0.05) is 11.6 Å². The van der Waals surface area contributed by atoms with E-state index in [1.807, 2.05) is 4.57 Å². The van der Waals surface area contributed by atoms with Crippen LogP contribution >= 0.6 is 11.8 Å². The molecule has 2 amide bonds. The van der Waals surface area contributed by atoms with Crippen LogP contribution in [0.4, 0.5) is 4.39 Å². The Hall–Kier alpha value is -3.00. The molecule has 1 saturated carbocycles. The van der Waals surface area contributed by atoms with E-state index in [4.69, 9.17) is 0 Å². The van der Waals surface area contributed by atoms with Crippen LogP contribution in [0.2, 0.25) is 0 Å². The van der Waals surface area contributed by atoms with Gasteiger partial charge in [-0.2, -0.15) is 0 Å². The third kappa shape index (κ3) is 3.96. The van der Waals surface area contributed by atoms with Crippen LogP contribution in [0.25, 0.3) is 11.4 Å². The van der Waals surface area contributed by atoms with Gasteiger partial charge in [-0.05, 0) is 37.1 Å². The van der Waals surface area contributed by atoms with E-state index in [-0.39, 0.29) is 17.6 Å². The molecule has 6 nitrogen and oxygen atoms in total. The number of carbonyl (C=O) groups is 2. The Balaban J connectivity index is 1.46. The van der Waals surface area contributed by atoms with Crippen molar-refractivity contribution in [2.45, 2.75) is 24.0 Å². The van der Waals surface area contributed by atoms with E-state index in [9.17, 15) is 14.0 Å². The number of rotatable bonds is 6. The summed E-state index contributed by atoms with van der Waals surface area (Å²) in [5.41, 5.74) is 0.807. The van der Waals surface area contributed by atoms with Crippen LogP contribution < -0.4 is 5.32 Å². The van der Waals surface area contributed by atoms with Crippen LogP contribution in [0.3, 0.4) is 0 Å². The molecular weight excluding hydrogens is 379 g/mol. The molecule has 1 aromatic heterocycles. The maximum Gasteiger partial charge on any atom is 0.257 e. The zero-order valence-corrected chi connectivity index (χ0v) is 15.7. The second kappa shape index (κ2) is 7.93. The fraction of sp³-hybridized carbons (Fsp3) is 0.200. The molecule has 3 aromatic rings. The summed E-state index contributed by atoms with van der Waals surface area (Å²) < 4.78 is 16.1. The topological polar surface area (TPSA) is 76.9 Å². The highest BCUT2D eigenvalue weighted by molar-refractivity contribution is 7.99. The summed E-state index contributed by atoms with van der Waals surface area (Å²) in [6.45, 7) is 0. The maximum atomic E-state index is 14.2. The number of aromatic nitrogens is 3. The first-order valence-electron chi connectivity index (χ1n) is 8.85. The predicted octanol–water partition coefficient (Wildman–Crippen LogP) is 3.47. The zero-order chi connectivity index (χ0) is 19.5. The molecular formula is C20H17FN4O2S. The normalized spacial score (nSPS) is 13.3. The second-order valence-corrected chi connectivity index (χ2v) is 7.36. The number of thioether (sulfide) groups is 1. The number of benzene rings is 2. The molecule has 1 N–H and O–H groups in total. The first-order chi connectivity index (χ1) is 13.6. The lowest BCUT2D eigenvalue weighted by molar-refractivity contribution is -0.117. The van der Waals surface area contributed by atoms with Gasteiger partial charge in [0.25, 0.3) is 5.91 Å². The van der Waals surface area contributed by atoms with E-state index >= 15 is 0 Å². The van der Waals surface area contributed by atoms with Crippen LogP contribution in [-0.4, -0.2) is 32.3 Å². The molecule has 0 radical (unpaired) electrons. The smallest absolute Gasteiger partial charge is 0.257 e. The molecule has 142 valence electrons. The Morgan fingerprint density at radius 1 is 1.07 bits per heavy atom. The van der Waals surface area contributed by atoms with E-state index in [0.29, 0.717) is 22.1 Å². The first kappa shape index (κ1) is 18.4. The highest BCUT2D eigenvalue weighted by Gasteiger charge is 2.31. The van der Waals surface area contributed by atoms with Crippen molar-refractivity contribution >= 4 is 23.6 Å². The summed E-state index contributed by atoms with van der Waals surface area (Å²) >= 11 is 1.18. The van der Waals surface area contributed by atoms with Gasteiger partial charge in [-0.1, -0.05) is 42.1 Å². The van der Waals surface area contributed by atoms with Gasteiger partial charge < -0.3 is 0 Å². The van der Waals surface area contributed by atoms with E-state index in [1.54, 1.807) is 48.5 Å². The minimum absolute atomic E-state index is 0.0146. The Labute approximate surface area is 165 Å². The first-order valence-corrected chi connectivity index (χ1v) is 9.84. The van der Waals surface area contributed by atoms with E-state index in [0.717, 1.165) is 12.8 Å². The summed E-state index contributed by atoms with van der Waals surface area (Å²) in [5, 5.41) is 11.2. The number of halogens is 1. The summed E-state index contributed by atoms with van der Waals surface area (Å²) in [6.07, 6.45) is 1.93. The molecule has 4 rings (SSSR count). The molecule has 0 bridgehead atoms. The van der Waals surface area contributed by atoms with E-state index in [1.165, 1.54) is 17.8 Å². The van der Waals surface area contributed by atoms with Crippen molar-refractivity contribution < 1.29 is 14.0 Å². The van der Waals surface area contributed by atoms with Gasteiger partial charge in [-0.3, -0.25) is 19.5 Å². The molecule has 1 aliphatic rings. The van der Waals surface area contributed by atoms with Crippen LogP contribution in [0, 0.1) is 5.82 Å². The largest absolute Gasteiger partial charge is 0.299 e. The number of hydrogen-bond acceptors (Lipinski definition) is 5. The van der Waals surface area contributed by atoms with Crippen LogP contribution in [0.1, 0.15) is 29.2 Å². The number of amides is 2. The van der Waals surface area contributed by atoms with Crippen molar-refractivity contribution in [1.29, 1.82) is 0 Å². The van der Waals surface area contributed by atoms with Gasteiger partial charge in [-0.15, -0.1) is 10.2 Å². The number of nitrogens with zero attached hydrogens (tertiary/aromatic N) is 3. The van der Waals surface area contributed by atoms with Gasteiger partial charge in [-0.25, -0.2) is 4.39 Å². The quantitative estimate of drug-likeness (QED) is 0.646. The van der Waals surface area contributed by atoms with Gasteiger partial charge in [0.05, 0.1) is 11.3 Å². The monoisotopic (exact) mass is 396 g/mol. The molecule has 1 heterocycles. The molecule has 0 aliphatic heterocycles. The lowest BCUT2D eigenvalue weighted by Crippen LogP contribution is -2.31. The van der Waals surface area contributed by atoms with Crippen molar-refractivity contribution in [3.8, 4) is 11.4 Å². The average Bonchev–Trinajstić information content (AvgIpc) is 3.47. The predicted molar refractivity (Wildman–Crippen MR) is 103 cm³/mol. The summed E-state index contributed by atoms with van der Waals surface area (Å²) in [6, 6.07) is 15.2. The Kier molecular flexibility index (Phi) is 5.21. The Morgan fingerprint density at radius 3 is 2.50 bits per heavy atom. The molecule has 0 saturated heterocycles. The summed E-state index contributed by atoms with van der Waals surface area (Å²) in [5.74, 6) is -0.747. The number of nitrogens with one attached hydrogen (secondary N) is 1. The lowest BCUT2D eigenvalue weighted by Gasteiger charge is -2.09. The van der Waals surface area contributed by atoms with Crippen molar-refractivity contribution in [2.24, 2.45) is 0 Å². The van der Waals surface area contributed by atoms with E-state index in [2.05, 4.69) is 15.5 Å². The molecule has 1 fully saturated rings. The summed E-state index contributed by atoms with van der Waals surface area (Å²) in [7, 11) is 0. The van der Waals surface area contributed by atoms with Crippen molar-refractivity contribution in [3.05, 3.63) is 66.0 Å². The number of imide groups is 1. The van der Waals surface area contributed by atoms with Crippen molar-refractivity contribution in [1.82, 2.24) is 20.1 Å². The maximum absolute atomic E-state index is 14.2. The van der Waals surface area contributed by atoms with Crippen LogP contribution in [0.15, 0.2) is 59.8 Å². The van der Waals surface area contributed by atoms with Crippen molar-refractivity contribution in [3.63, 3.8) is 0 Å². The standard InChI is InChI=1S/C20H17FN4O2S/c21-16-9-5-4-8-15(16)18-23-24-20(25(18)14-10-11-14)28-12-17(26)22-19(27)13-6-2-1-3-7-13/h1-9,14H,10-12H2,(H,22,26,27). The van der Waals surface area contributed by atoms with E-state index < -0.39 is 11.8 Å². The Morgan fingerprint density at radius 2 is 1.79 bits per heavy atom. The zero-order valence-electron chi connectivity index (χ0n) is 14.8. The van der Waals surface area contributed by atoms with Gasteiger partial charge in [0.15, 0.2) is 11.0 Å². The number of carbonyl (C=O) groups excluding carboxylic acids is 2. The Bertz CT molecular complexity index is 1020. The second-order valence-electron chi connectivity index (χ2n) is 6.42. The molecule has 2 aromatic carbocycles. The molecule has 0 spiro atoms. The molecule has 28 heavy (non-hydrogen) atoms. The fourth-order valence-corrected chi connectivity index (χ4v) is 3.62. The van der Waals surface area contributed by atoms with Crippen LogP contribution in [0.5, 0.6) is 0 Å². The average molecular weight is 396 g/mol. The minimum Gasteiger partial charge on any atom is -0.299 e. The molecule has 8 heteroatoms. The number of hydrogen-bond donors (Lipinski definition) is 1. The summed E-state index contributed by atoms with van der Waals surface area (Å²) in [4.78, 5) is 24.2.